The first kappa shape index (κ1) is 19.7. The molecule has 124 valence electrons. The molecule has 6 heteroatoms. The highest BCUT2D eigenvalue weighted by molar-refractivity contribution is 6.65. The maximum Gasteiger partial charge on any atom is 0.496 e. The molecule has 2 rings (SSSR count). The molecule has 23 heavy (non-hydrogen) atoms. The molecule has 0 aliphatic carbocycles. The standard InChI is InChI=1S/C16H22BClO2.CO2/c1-6-7-8-12-9-10-13(14(18)11-12)17-19-15(2,3)16(4,5)20-17;2-1-3/h7-11H,6H2,1-5H3;/b8-7+;. The monoisotopic (exact) mass is 336 g/mol. The van der Waals surface area contributed by atoms with E-state index in [1.54, 1.807) is 0 Å². The third-order valence-electron chi connectivity index (χ3n) is 4.08. The van der Waals surface area contributed by atoms with E-state index in [2.05, 4.69) is 19.1 Å². The lowest BCUT2D eigenvalue weighted by atomic mass is 9.78. The molecule has 0 atom stereocenters. The molecule has 0 unspecified atom stereocenters. The number of benzene rings is 1. The van der Waals surface area contributed by atoms with Crippen molar-refractivity contribution in [2.75, 3.05) is 0 Å². The molecule has 1 heterocycles. The second kappa shape index (κ2) is 7.94. The number of carbonyl (C=O) groups excluding carboxylic acids is 2. The quantitative estimate of drug-likeness (QED) is 0.793. The molecule has 0 bridgehead atoms. The number of allylic oxidation sites excluding steroid dienone is 1. The van der Waals surface area contributed by atoms with E-state index >= 15 is 0 Å². The first-order valence-electron chi connectivity index (χ1n) is 7.49. The van der Waals surface area contributed by atoms with Gasteiger partial charge < -0.3 is 9.31 Å². The lowest BCUT2D eigenvalue weighted by molar-refractivity contribution is -0.191. The zero-order valence-electron chi connectivity index (χ0n) is 14.2. The molecular weight excluding hydrogens is 314 g/mol. The predicted molar refractivity (Wildman–Crippen MR) is 91.5 cm³/mol. The highest BCUT2D eigenvalue weighted by Crippen LogP contribution is 2.37. The van der Waals surface area contributed by atoms with Crippen LogP contribution < -0.4 is 5.46 Å². The summed E-state index contributed by atoms with van der Waals surface area (Å²) < 4.78 is 12.1. The maximum atomic E-state index is 8.12. The number of hydrogen-bond donors (Lipinski definition) is 0. The van der Waals surface area contributed by atoms with E-state index in [-0.39, 0.29) is 17.4 Å². The zero-order valence-corrected chi connectivity index (χ0v) is 14.9. The highest BCUT2D eigenvalue weighted by atomic mass is 35.5. The lowest BCUT2D eigenvalue weighted by Gasteiger charge is -2.32. The van der Waals surface area contributed by atoms with Gasteiger partial charge in [0.2, 0.25) is 0 Å². The second-order valence-corrected chi connectivity index (χ2v) is 6.67. The van der Waals surface area contributed by atoms with Crippen LogP contribution in [-0.4, -0.2) is 24.5 Å². The van der Waals surface area contributed by atoms with Crippen molar-refractivity contribution in [1.82, 2.24) is 0 Å². The molecule has 1 saturated heterocycles. The Hall–Kier alpha value is -1.39. The Morgan fingerprint density at radius 3 is 2.13 bits per heavy atom. The van der Waals surface area contributed by atoms with Crippen LogP contribution in [0.1, 0.15) is 46.6 Å². The van der Waals surface area contributed by atoms with Crippen LogP contribution in [-0.2, 0) is 18.9 Å². The Morgan fingerprint density at radius 1 is 1.17 bits per heavy atom. The molecular formula is C17H22BClO4. The minimum atomic E-state index is -0.406. The molecule has 0 radical (unpaired) electrons. The molecule has 1 aliphatic rings. The van der Waals surface area contributed by atoms with Crippen molar-refractivity contribution in [3.63, 3.8) is 0 Å². The second-order valence-electron chi connectivity index (χ2n) is 6.26. The molecule has 0 spiro atoms. The molecule has 0 amide bonds. The Kier molecular flexibility index (Phi) is 6.78. The van der Waals surface area contributed by atoms with Crippen LogP contribution in [0.2, 0.25) is 5.02 Å². The van der Waals surface area contributed by atoms with Crippen molar-refractivity contribution in [3.8, 4) is 0 Å². The minimum absolute atomic E-state index is 0.250. The Balaban J connectivity index is 0.000000816. The smallest absolute Gasteiger partial charge is 0.399 e. The fourth-order valence-electron chi connectivity index (χ4n) is 2.06. The molecule has 4 nitrogen and oxygen atoms in total. The van der Waals surface area contributed by atoms with E-state index in [1.165, 1.54) is 0 Å². The summed E-state index contributed by atoms with van der Waals surface area (Å²) in [6.07, 6.45) is 5.44. The first-order chi connectivity index (χ1) is 10.7. The average Bonchev–Trinajstić information content (AvgIpc) is 2.66. The van der Waals surface area contributed by atoms with Gasteiger partial charge in [-0.25, -0.2) is 0 Å². The Morgan fingerprint density at radius 2 is 1.70 bits per heavy atom. The molecule has 1 aromatic rings. The molecule has 0 N–H and O–H groups in total. The van der Waals surface area contributed by atoms with Gasteiger partial charge in [0.25, 0.3) is 0 Å². The van der Waals surface area contributed by atoms with Crippen LogP contribution in [0.5, 0.6) is 0 Å². The van der Waals surface area contributed by atoms with Crippen molar-refractivity contribution < 1.29 is 18.9 Å². The van der Waals surface area contributed by atoms with Crippen LogP contribution in [0.15, 0.2) is 24.3 Å². The summed E-state index contributed by atoms with van der Waals surface area (Å²) in [5.41, 5.74) is 1.29. The summed E-state index contributed by atoms with van der Waals surface area (Å²) in [5, 5.41) is 0.682. The summed E-state index contributed by atoms with van der Waals surface area (Å²) >= 11 is 6.38. The summed E-state index contributed by atoms with van der Waals surface area (Å²) in [6.45, 7) is 10.3. The summed E-state index contributed by atoms with van der Waals surface area (Å²) in [4.78, 5) is 16.2. The van der Waals surface area contributed by atoms with Crippen LogP contribution in [0, 0.1) is 0 Å². The third kappa shape index (κ3) is 4.79. The summed E-state index contributed by atoms with van der Waals surface area (Å²) in [6, 6.07) is 5.98. The minimum Gasteiger partial charge on any atom is -0.399 e. The van der Waals surface area contributed by atoms with Crippen molar-refractivity contribution in [1.29, 1.82) is 0 Å². The van der Waals surface area contributed by atoms with Gasteiger partial charge in [-0.15, -0.1) is 0 Å². The molecule has 1 aliphatic heterocycles. The van der Waals surface area contributed by atoms with Crippen LogP contribution in [0.3, 0.4) is 0 Å². The topological polar surface area (TPSA) is 52.6 Å². The normalized spacial score (nSPS) is 18.4. The fourth-order valence-corrected chi connectivity index (χ4v) is 2.34. The van der Waals surface area contributed by atoms with Gasteiger partial charge in [-0.05, 0) is 45.7 Å². The first-order valence-corrected chi connectivity index (χ1v) is 7.87. The summed E-state index contributed by atoms with van der Waals surface area (Å²) in [7, 11) is -0.406. The molecule has 1 aromatic carbocycles. The maximum absolute atomic E-state index is 8.12. The van der Waals surface area contributed by atoms with Gasteiger partial charge in [0.05, 0.1) is 11.2 Å². The van der Waals surface area contributed by atoms with E-state index < -0.39 is 7.12 Å². The van der Waals surface area contributed by atoms with Gasteiger partial charge in [-0.3, -0.25) is 0 Å². The van der Waals surface area contributed by atoms with Crippen molar-refractivity contribution in [3.05, 3.63) is 34.9 Å². The average molecular weight is 337 g/mol. The molecule has 0 aromatic heterocycles. The van der Waals surface area contributed by atoms with Gasteiger partial charge in [0.1, 0.15) is 0 Å². The fraction of sp³-hybridized carbons (Fsp3) is 0.471. The van der Waals surface area contributed by atoms with E-state index in [0.29, 0.717) is 5.02 Å². The van der Waals surface area contributed by atoms with Crippen molar-refractivity contribution in [2.24, 2.45) is 0 Å². The van der Waals surface area contributed by atoms with Gasteiger partial charge in [0.15, 0.2) is 0 Å². The largest absolute Gasteiger partial charge is 0.496 e. The van der Waals surface area contributed by atoms with Crippen LogP contribution in [0.25, 0.3) is 6.08 Å². The van der Waals surface area contributed by atoms with Crippen LogP contribution >= 0.6 is 11.6 Å². The van der Waals surface area contributed by atoms with Crippen molar-refractivity contribution >= 4 is 36.4 Å². The van der Waals surface area contributed by atoms with Crippen LogP contribution in [0.4, 0.5) is 0 Å². The van der Waals surface area contributed by atoms with Gasteiger partial charge >= 0.3 is 13.3 Å². The van der Waals surface area contributed by atoms with E-state index in [4.69, 9.17) is 30.5 Å². The Bertz CT molecular complexity index is 589. The van der Waals surface area contributed by atoms with Gasteiger partial charge in [0, 0.05) is 10.5 Å². The number of halogens is 1. The lowest BCUT2D eigenvalue weighted by Crippen LogP contribution is -2.41. The van der Waals surface area contributed by atoms with Gasteiger partial charge in [-0.1, -0.05) is 42.8 Å². The molecule has 0 saturated carbocycles. The number of hydrogen-bond acceptors (Lipinski definition) is 4. The predicted octanol–water partition coefficient (Wildman–Crippen LogP) is 3.48. The zero-order chi connectivity index (χ0) is 17.7. The SMILES string of the molecule is CC/C=C/c1ccc(B2OC(C)(C)C(C)(C)O2)c(Cl)c1.O=C=O. The van der Waals surface area contributed by atoms with Crippen molar-refractivity contribution in [2.45, 2.75) is 52.2 Å². The highest BCUT2D eigenvalue weighted by Gasteiger charge is 2.52. The Labute approximate surface area is 143 Å². The van der Waals surface area contributed by atoms with E-state index in [0.717, 1.165) is 17.4 Å². The number of rotatable bonds is 3. The molecule has 1 fully saturated rings. The third-order valence-corrected chi connectivity index (χ3v) is 4.41. The van der Waals surface area contributed by atoms with E-state index in [9.17, 15) is 0 Å². The van der Waals surface area contributed by atoms with Gasteiger partial charge in [-0.2, -0.15) is 9.59 Å². The van der Waals surface area contributed by atoms with E-state index in [1.807, 2.05) is 45.9 Å². The summed E-state index contributed by atoms with van der Waals surface area (Å²) in [5.74, 6) is 0.